The second-order valence-electron chi connectivity index (χ2n) is 5.89. The average Bonchev–Trinajstić information content (AvgIpc) is 2.54. The van der Waals surface area contributed by atoms with Crippen LogP contribution < -0.4 is 11.1 Å². The van der Waals surface area contributed by atoms with Crippen molar-refractivity contribution in [3.63, 3.8) is 0 Å². The quantitative estimate of drug-likeness (QED) is 0.296. The van der Waals surface area contributed by atoms with Crippen LogP contribution in [0.5, 0.6) is 0 Å². The second kappa shape index (κ2) is 7.09. The highest BCUT2D eigenvalue weighted by Gasteiger charge is 2.45. The fourth-order valence-electron chi connectivity index (χ4n) is 3.20. The number of nitrogens with zero attached hydrogens (tertiary/aromatic N) is 2. The summed E-state index contributed by atoms with van der Waals surface area (Å²) in [7, 11) is 0. The zero-order valence-corrected chi connectivity index (χ0v) is 12.7. The van der Waals surface area contributed by atoms with E-state index in [1.54, 1.807) is 0 Å². The zero-order valence-electron chi connectivity index (χ0n) is 12.7. The van der Waals surface area contributed by atoms with Gasteiger partial charge in [0.2, 0.25) is 5.91 Å². The lowest BCUT2D eigenvalue weighted by atomic mass is 9.77. The monoisotopic (exact) mass is 298 g/mol. The van der Waals surface area contributed by atoms with E-state index >= 15 is 0 Å². The fraction of sp³-hybridized carbons (Fsp3) is 0.857. The number of likely N-dealkylation sites (N-methyl/N-ethyl adjacent to an activating group) is 1. The van der Waals surface area contributed by atoms with Crippen LogP contribution in [-0.4, -0.2) is 60.7 Å². The van der Waals surface area contributed by atoms with Crippen LogP contribution in [0.4, 0.5) is 0 Å². The zero-order chi connectivity index (χ0) is 15.3. The Morgan fingerprint density at radius 3 is 2.86 bits per heavy atom. The van der Waals surface area contributed by atoms with Crippen molar-refractivity contribution >= 4 is 11.7 Å². The van der Waals surface area contributed by atoms with Gasteiger partial charge in [-0.3, -0.25) is 4.79 Å². The summed E-state index contributed by atoms with van der Waals surface area (Å²) in [5.74, 6) is -0.143. The van der Waals surface area contributed by atoms with E-state index in [4.69, 9.17) is 15.7 Å². The normalized spacial score (nSPS) is 27.3. The topological polar surface area (TPSA) is 100 Å². The number of oxime groups is 1. The van der Waals surface area contributed by atoms with Crippen molar-refractivity contribution in [2.45, 2.75) is 38.6 Å². The summed E-state index contributed by atoms with van der Waals surface area (Å²) in [6.45, 7) is 5.98. The molecule has 2 rings (SSSR count). The fourth-order valence-corrected chi connectivity index (χ4v) is 3.20. The Balaban J connectivity index is 2.05. The van der Waals surface area contributed by atoms with E-state index in [1.807, 2.05) is 0 Å². The number of hydrogen-bond acceptors (Lipinski definition) is 5. The average molecular weight is 298 g/mol. The summed E-state index contributed by atoms with van der Waals surface area (Å²) in [5.41, 5.74) is 4.89. The number of carbonyl (C=O) groups excluding carboxylic acids is 1. The van der Waals surface area contributed by atoms with Gasteiger partial charge in [-0.15, -0.1) is 0 Å². The highest BCUT2D eigenvalue weighted by molar-refractivity contribution is 6.06. The molecule has 2 aliphatic heterocycles. The highest BCUT2D eigenvalue weighted by Crippen LogP contribution is 2.31. The molecule has 2 saturated heterocycles. The smallest absolute Gasteiger partial charge is 0.234 e. The van der Waals surface area contributed by atoms with Crippen molar-refractivity contribution < 1.29 is 14.7 Å². The number of carbonyl (C=O) groups is 1. The van der Waals surface area contributed by atoms with E-state index in [0.717, 1.165) is 32.5 Å². The molecule has 0 radical (unpaired) electrons. The summed E-state index contributed by atoms with van der Waals surface area (Å²) in [6.07, 6.45) is 2.97. The lowest BCUT2D eigenvalue weighted by molar-refractivity contribution is -0.132. The van der Waals surface area contributed by atoms with Crippen molar-refractivity contribution in [2.24, 2.45) is 16.3 Å². The minimum absolute atomic E-state index is 0.00791. The molecule has 0 saturated carbocycles. The van der Waals surface area contributed by atoms with Crippen LogP contribution in [0.25, 0.3) is 0 Å². The number of piperidine rings is 1. The van der Waals surface area contributed by atoms with Crippen LogP contribution in [0.1, 0.15) is 32.6 Å². The molecule has 7 heteroatoms. The third-order valence-corrected chi connectivity index (χ3v) is 4.67. The maximum atomic E-state index is 12.7. The van der Waals surface area contributed by atoms with Crippen molar-refractivity contribution in [3.8, 4) is 0 Å². The largest absolute Gasteiger partial charge is 0.409 e. The van der Waals surface area contributed by atoms with Crippen molar-refractivity contribution in [2.75, 3.05) is 32.8 Å². The molecule has 4 N–H and O–H groups in total. The lowest BCUT2D eigenvalue weighted by Gasteiger charge is -2.38. The van der Waals surface area contributed by atoms with Gasteiger partial charge in [-0.25, -0.2) is 0 Å². The van der Waals surface area contributed by atoms with Gasteiger partial charge in [-0.1, -0.05) is 12.1 Å². The van der Waals surface area contributed by atoms with Crippen LogP contribution in [0.15, 0.2) is 5.16 Å². The third kappa shape index (κ3) is 3.47. The maximum Gasteiger partial charge on any atom is 0.234 e. The number of hydrogen-bond donors (Lipinski definition) is 3. The Kier molecular flexibility index (Phi) is 5.41. The number of ether oxygens (including phenoxy) is 1. The predicted octanol–water partition coefficient (Wildman–Crippen LogP) is 0.130. The molecule has 0 bridgehead atoms. The summed E-state index contributed by atoms with van der Waals surface area (Å²) >= 11 is 0. The van der Waals surface area contributed by atoms with Gasteiger partial charge < -0.3 is 25.9 Å². The summed E-state index contributed by atoms with van der Waals surface area (Å²) in [4.78, 5) is 15.1. The molecule has 0 aromatic heterocycles. The third-order valence-electron chi connectivity index (χ3n) is 4.67. The molecule has 0 aromatic rings. The summed E-state index contributed by atoms with van der Waals surface area (Å²) in [5, 5.41) is 15.2. The first-order valence-electron chi connectivity index (χ1n) is 7.71. The minimum Gasteiger partial charge on any atom is -0.409 e. The molecule has 2 heterocycles. The van der Waals surface area contributed by atoms with E-state index in [2.05, 4.69) is 22.3 Å². The van der Waals surface area contributed by atoms with E-state index in [1.165, 1.54) is 0 Å². The molecule has 21 heavy (non-hydrogen) atoms. The van der Waals surface area contributed by atoms with Crippen LogP contribution >= 0.6 is 0 Å². The van der Waals surface area contributed by atoms with E-state index in [-0.39, 0.29) is 17.8 Å². The molecule has 1 unspecified atom stereocenters. The maximum absolute atomic E-state index is 12.7. The molecule has 1 amide bonds. The Morgan fingerprint density at radius 1 is 1.52 bits per heavy atom. The SMILES string of the molecule is CCN1CCCC(NC(=O)C2(C(N)=NO)CCOCC2)C1. The van der Waals surface area contributed by atoms with Crippen LogP contribution in [-0.2, 0) is 9.53 Å². The van der Waals surface area contributed by atoms with Gasteiger partial charge in [0.1, 0.15) is 5.41 Å². The number of amidine groups is 1. The minimum atomic E-state index is -0.929. The van der Waals surface area contributed by atoms with Crippen LogP contribution in [0.3, 0.4) is 0 Å². The number of amides is 1. The standard InChI is InChI=1S/C14H26N4O3/c1-2-18-7-3-4-11(10-18)16-13(19)14(12(15)17-20)5-8-21-9-6-14/h11,20H,2-10H2,1H3,(H2,15,17)(H,16,19). The van der Waals surface area contributed by atoms with Crippen molar-refractivity contribution in [3.05, 3.63) is 0 Å². The van der Waals surface area contributed by atoms with Gasteiger partial charge in [0.15, 0.2) is 5.84 Å². The Labute approximate surface area is 125 Å². The predicted molar refractivity (Wildman–Crippen MR) is 79.2 cm³/mol. The number of nitrogens with two attached hydrogens (primary N) is 1. The summed E-state index contributed by atoms with van der Waals surface area (Å²) in [6, 6.07) is 0.136. The second-order valence-corrected chi connectivity index (χ2v) is 5.89. The van der Waals surface area contributed by atoms with E-state index in [0.29, 0.717) is 26.1 Å². The summed E-state index contributed by atoms with van der Waals surface area (Å²) < 4.78 is 5.31. The number of likely N-dealkylation sites (tertiary alicyclic amines) is 1. The Bertz CT molecular complexity index is 394. The molecular formula is C14H26N4O3. The molecule has 7 nitrogen and oxygen atoms in total. The van der Waals surface area contributed by atoms with Gasteiger partial charge in [-0.2, -0.15) is 0 Å². The molecule has 0 spiro atoms. The first-order chi connectivity index (χ1) is 10.1. The van der Waals surface area contributed by atoms with E-state index in [9.17, 15) is 4.79 Å². The Morgan fingerprint density at radius 2 is 2.24 bits per heavy atom. The number of rotatable bonds is 4. The van der Waals surface area contributed by atoms with Crippen molar-refractivity contribution in [1.29, 1.82) is 0 Å². The lowest BCUT2D eigenvalue weighted by Crippen LogP contribution is -2.57. The van der Waals surface area contributed by atoms with Gasteiger partial charge in [-0.05, 0) is 38.8 Å². The number of nitrogens with one attached hydrogen (secondary N) is 1. The Hall–Kier alpha value is -1.34. The molecule has 2 fully saturated rings. The van der Waals surface area contributed by atoms with Crippen molar-refractivity contribution in [1.82, 2.24) is 10.2 Å². The van der Waals surface area contributed by atoms with Gasteiger partial charge in [0.25, 0.3) is 0 Å². The molecular weight excluding hydrogens is 272 g/mol. The molecule has 0 aliphatic carbocycles. The molecule has 2 aliphatic rings. The molecule has 0 aromatic carbocycles. The van der Waals surface area contributed by atoms with E-state index < -0.39 is 5.41 Å². The van der Waals surface area contributed by atoms with Gasteiger partial charge >= 0.3 is 0 Å². The van der Waals surface area contributed by atoms with Crippen LogP contribution in [0, 0.1) is 5.41 Å². The molecule has 1 atom stereocenters. The first kappa shape index (κ1) is 16.0. The first-order valence-corrected chi connectivity index (χ1v) is 7.71. The highest BCUT2D eigenvalue weighted by atomic mass is 16.5. The molecule has 120 valence electrons. The van der Waals surface area contributed by atoms with Gasteiger partial charge in [0, 0.05) is 25.8 Å². The van der Waals surface area contributed by atoms with Crippen LogP contribution in [0.2, 0.25) is 0 Å². The van der Waals surface area contributed by atoms with Gasteiger partial charge in [0.05, 0.1) is 0 Å².